The summed E-state index contributed by atoms with van der Waals surface area (Å²) in [5.74, 6) is 0. The van der Waals surface area contributed by atoms with Gasteiger partial charge in [0.05, 0.1) is 0 Å². The summed E-state index contributed by atoms with van der Waals surface area (Å²) in [7, 11) is 0. The zero-order valence-electron chi connectivity index (χ0n) is 3.04. The van der Waals surface area contributed by atoms with Gasteiger partial charge >= 0.3 is 6.18 Å². The summed E-state index contributed by atoms with van der Waals surface area (Å²) in [6.45, 7) is 0. The standard InChI is InChI=1S/C2H2F4O/c3-1(7)2(4,5)6/h1,7H. The van der Waals surface area contributed by atoms with Crippen molar-refractivity contribution in [1.29, 1.82) is 0 Å². The second-order valence-corrected chi connectivity index (χ2v) is 0.877. The number of alkyl halides is 4. The molecule has 0 aliphatic rings. The van der Waals surface area contributed by atoms with Crippen LogP contribution in [0.5, 0.6) is 0 Å². The van der Waals surface area contributed by atoms with Crippen LogP contribution in [0.25, 0.3) is 0 Å². The minimum atomic E-state index is -5.11. The van der Waals surface area contributed by atoms with Gasteiger partial charge in [0, 0.05) is 0 Å². The third-order valence-corrected chi connectivity index (χ3v) is 0.270. The summed E-state index contributed by atoms with van der Waals surface area (Å²) in [5, 5.41) is 7.10. The second kappa shape index (κ2) is 1.65. The Morgan fingerprint density at radius 2 is 1.43 bits per heavy atom. The minimum absolute atomic E-state index is 3.70. The fourth-order valence-corrected chi connectivity index (χ4v) is 0. The second-order valence-electron chi connectivity index (χ2n) is 0.877. The van der Waals surface area contributed by atoms with Gasteiger partial charge in [-0.15, -0.1) is 0 Å². The van der Waals surface area contributed by atoms with Crippen molar-refractivity contribution in [2.45, 2.75) is 12.5 Å². The highest BCUT2D eigenvalue weighted by molar-refractivity contribution is 4.48. The summed E-state index contributed by atoms with van der Waals surface area (Å²) < 4.78 is 42.3. The largest absolute Gasteiger partial charge is 0.444 e. The van der Waals surface area contributed by atoms with Gasteiger partial charge in [0.15, 0.2) is 0 Å². The van der Waals surface area contributed by atoms with Crippen molar-refractivity contribution in [3.8, 4) is 0 Å². The summed E-state index contributed by atoms with van der Waals surface area (Å²) in [5.41, 5.74) is 0. The molecule has 0 aliphatic heterocycles. The molecule has 1 nitrogen and oxygen atoms in total. The van der Waals surface area contributed by atoms with Crippen LogP contribution in [0.4, 0.5) is 17.6 Å². The predicted molar refractivity (Wildman–Crippen MR) is 13.2 cm³/mol. The van der Waals surface area contributed by atoms with Gasteiger partial charge in [-0.3, -0.25) is 0 Å². The Bertz CT molecular complexity index is 55.2. The highest BCUT2D eigenvalue weighted by Crippen LogP contribution is 2.19. The maximum atomic E-state index is 10.6. The monoisotopic (exact) mass is 118 g/mol. The van der Waals surface area contributed by atoms with Gasteiger partial charge in [0.1, 0.15) is 0 Å². The molecule has 0 amide bonds. The smallest absolute Gasteiger partial charge is 0.357 e. The first-order chi connectivity index (χ1) is 2.94. The molecule has 1 atom stereocenters. The van der Waals surface area contributed by atoms with E-state index in [0.29, 0.717) is 0 Å². The predicted octanol–water partition coefficient (Wildman–Crippen LogP) is 0.837. The first-order valence-electron chi connectivity index (χ1n) is 1.33. The molecule has 5 heteroatoms. The molecule has 0 aromatic heterocycles. The van der Waals surface area contributed by atoms with Crippen molar-refractivity contribution in [3.63, 3.8) is 0 Å². The third-order valence-electron chi connectivity index (χ3n) is 0.270. The normalized spacial score (nSPS) is 16.7. The molecule has 0 saturated heterocycles. The van der Waals surface area contributed by atoms with Crippen LogP contribution in [0, 0.1) is 0 Å². The van der Waals surface area contributed by atoms with Crippen molar-refractivity contribution < 1.29 is 22.7 Å². The molecule has 0 rings (SSSR count). The highest BCUT2D eigenvalue weighted by atomic mass is 19.4. The van der Waals surface area contributed by atoms with E-state index < -0.39 is 12.5 Å². The Morgan fingerprint density at radius 3 is 1.43 bits per heavy atom. The molecule has 44 valence electrons. The van der Waals surface area contributed by atoms with E-state index in [1.54, 1.807) is 0 Å². The van der Waals surface area contributed by atoms with Crippen LogP contribution in [0.3, 0.4) is 0 Å². The van der Waals surface area contributed by atoms with Crippen molar-refractivity contribution >= 4 is 0 Å². The van der Waals surface area contributed by atoms with E-state index in [1.165, 1.54) is 0 Å². The summed E-state index contributed by atoms with van der Waals surface area (Å²) in [4.78, 5) is 0. The molecule has 1 N–H and O–H groups in total. The van der Waals surface area contributed by atoms with Crippen LogP contribution in [-0.4, -0.2) is 17.6 Å². The molecule has 0 aromatic carbocycles. The van der Waals surface area contributed by atoms with E-state index in [0.717, 1.165) is 0 Å². The Labute approximate surface area is 36.6 Å². The molecule has 0 radical (unpaired) electrons. The molecule has 0 bridgehead atoms. The van der Waals surface area contributed by atoms with E-state index in [9.17, 15) is 17.6 Å². The Kier molecular flexibility index (Phi) is 1.58. The van der Waals surface area contributed by atoms with E-state index in [-0.39, 0.29) is 0 Å². The van der Waals surface area contributed by atoms with Crippen LogP contribution in [0.15, 0.2) is 0 Å². The van der Waals surface area contributed by atoms with E-state index in [1.807, 2.05) is 0 Å². The topological polar surface area (TPSA) is 20.2 Å². The SMILES string of the molecule is OC(F)C(F)(F)F. The lowest BCUT2D eigenvalue weighted by Gasteiger charge is -2.02. The maximum Gasteiger partial charge on any atom is 0.444 e. The van der Waals surface area contributed by atoms with Gasteiger partial charge in [-0.05, 0) is 0 Å². The van der Waals surface area contributed by atoms with Gasteiger partial charge < -0.3 is 5.11 Å². The van der Waals surface area contributed by atoms with Crippen molar-refractivity contribution in [3.05, 3.63) is 0 Å². The van der Waals surface area contributed by atoms with Gasteiger partial charge in [0.2, 0.25) is 0 Å². The van der Waals surface area contributed by atoms with E-state index in [2.05, 4.69) is 0 Å². The zero-order valence-corrected chi connectivity index (χ0v) is 3.04. The lowest BCUT2D eigenvalue weighted by atomic mass is 10.7. The van der Waals surface area contributed by atoms with Crippen LogP contribution in [-0.2, 0) is 0 Å². The quantitative estimate of drug-likeness (QED) is 0.467. The number of hydrogen-bond acceptors (Lipinski definition) is 1. The molecule has 1 unspecified atom stereocenters. The number of hydrogen-bond donors (Lipinski definition) is 1. The van der Waals surface area contributed by atoms with Gasteiger partial charge in [-0.1, -0.05) is 0 Å². The van der Waals surface area contributed by atoms with E-state index in [4.69, 9.17) is 5.11 Å². The fraction of sp³-hybridized carbons (Fsp3) is 1.00. The number of halogens is 4. The van der Waals surface area contributed by atoms with Crippen LogP contribution in [0.2, 0.25) is 0 Å². The first kappa shape index (κ1) is 6.68. The molecule has 0 aromatic rings. The fourth-order valence-electron chi connectivity index (χ4n) is 0. The summed E-state index contributed by atoms with van der Waals surface area (Å²) >= 11 is 0. The Balaban J connectivity index is 3.54. The molecular formula is C2H2F4O. The molecule has 0 aliphatic carbocycles. The Morgan fingerprint density at radius 1 is 1.29 bits per heavy atom. The average molecular weight is 118 g/mol. The molecule has 0 fully saturated rings. The van der Waals surface area contributed by atoms with Crippen LogP contribution >= 0.6 is 0 Å². The average Bonchev–Trinajstić information content (AvgIpc) is 1.31. The first-order valence-corrected chi connectivity index (χ1v) is 1.33. The molecule has 0 spiro atoms. The van der Waals surface area contributed by atoms with Crippen molar-refractivity contribution in [2.24, 2.45) is 0 Å². The Hall–Kier alpha value is -0.320. The molecule has 0 saturated carbocycles. The van der Waals surface area contributed by atoms with Crippen LogP contribution in [0.1, 0.15) is 0 Å². The van der Waals surface area contributed by atoms with Crippen molar-refractivity contribution in [2.75, 3.05) is 0 Å². The lowest BCUT2D eigenvalue weighted by Crippen LogP contribution is -2.22. The number of aliphatic hydroxyl groups excluding tert-OH is 1. The molecule has 7 heavy (non-hydrogen) atoms. The highest BCUT2D eigenvalue weighted by Gasteiger charge is 2.38. The van der Waals surface area contributed by atoms with Crippen molar-refractivity contribution in [1.82, 2.24) is 0 Å². The maximum absolute atomic E-state index is 10.6. The number of rotatable bonds is 0. The number of aliphatic hydroxyl groups is 1. The molecular weight excluding hydrogens is 116 g/mol. The van der Waals surface area contributed by atoms with Gasteiger partial charge in [-0.2, -0.15) is 13.2 Å². The van der Waals surface area contributed by atoms with Gasteiger partial charge in [0.25, 0.3) is 6.36 Å². The molecule has 0 heterocycles. The van der Waals surface area contributed by atoms with Crippen LogP contribution < -0.4 is 0 Å². The summed E-state index contributed by atoms with van der Waals surface area (Å²) in [6, 6.07) is 0. The van der Waals surface area contributed by atoms with E-state index >= 15 is 0 Å². The zero-order chi connectivity index (χ0) is 6.08. The minimum Gasteiger partial charge on any atom is -0.357 e. The lowest BCUT2D eigenvalue weighted by molar-refractivity contribution is -0.246. The third kappa shape index (κ3) is 2.38. The van der Waals surface area contributed by atoms with Gasteiger partial charge in [-0.25, -0.2) is 4.39 Å². The summed E-state index contributed by atoms with van der Waals surface area (Å²) in [6.07, 6.45) is -8.81.